The van der Waals surface area contributed by atoms with Crippen LogP contribution in [0, 0.1) is 0 Å². The summed E-state index contributed by atoms with van der Waals surface area (Å²) in [6.07, 6.45) is 3.71. The second kappa shape index (κ2) is 6.26. The Hall–Kier alpha value is 0.620. The summed E-state index contributed by atoms with van der Waals surface area (Å²) >= 11 is 8.83. The van der Waals surface area contributed by atoms with Crippen molar-refractivity contribution in [1.29, 1.82) is 0 Å². The number of aryl methyl sites for hydroxylation is 1. The van der Waals surface area contributed by atoms with Gasteiger partial charge in [0.2, 0.25) is 0 Å². The topological polar surface area (TPSA) is 3.24 Å². The highest BCUT2D eigenvalue weighted by molar-refractivity contribution is 9.12. The maximum Gasteiger partial charge on any atom is 0.0742 e. The van der Waals surface area contributed by atoms with E-state index in [9.17, 15) is 0 Å². The summed E-state index contributed by atoms with van der Waals surface area (Å²) in [4.78, 5) is 2.23. The third-order valence-electron chi connectivity index (χ3n) is 2.03. The number of halogens is 2. The molecule has 0 aliphatic carbocycles. The highest BCUT2D eigenvalue weighted by Gasteiger charge is 2.04. The molecule has 1 aromatic rings. The number of rotatable bonds is 5. The van der Waals surface area contributed by atoms with E-state index in [1.54, 1.807) is 11.3 Å². The first kappa shape index (κ1) is 12.7. The van der Waals surface area contributed by atoms with Crippen molar-refractivity contribution in [3.63, 3.8) is 0 Å². The largest absolute Gasteiger partial charge is 0.309 e. The summed E-state index contributed by atoms with van der Waals surface area (Å²) in [5.41, 5.74) is 1.43. The number of hydrogen-bond donors (Lipinski definition) is 0. The van der Waals surface area contributed by atoms with Crippen molar-refractivity contribution in [3.05, 3.63) is 19.2 Å². The molecule has 0 spiro atoms. The standard InChI is InChI=1S/C10H15Br2NS/c1-13(2)6-4-3-5-8-7-9(11)14-10(8)12/h7H,3-6H2,1-2H3. The molecule has 0 atom stereocenters. The van der Waals surface area contributed by atoms with Crippen LogP contribution in [0.5, 0.6) is 0 Å². The Morgan fingerprint density at radius 3 is 2.50 bits per heavy atom. The first-order valence-electron chi connectivity index (χ1n) is 4.68. The van der Waals surface area contributed by atoms with Gasteiger partial charge in [0.05, 0.1) is 7.57 Å². The Bertz CT molecular complexity index is 284. The zero-order valence-corrected chi connectivity index (χ0v) is 12.5. The molecule has 0 aromatic carbocycles. The van der Waals surface area contributed by atoms with Crippen LogP contribution in [0.1, 0.15) is 18.4 Å². The molecular formula is C10H15Br2NS. The molecule has 0 amide bonds. The van der Waals surface area contributed by atoms with Crippen LogP contribution >= 0.6 is 43.2 Å². The van der Waals surface area contributed by atoms with Crippen molar-refractivity contribution in [1.82, 2.24) is 4.90 Å². The van der Waals surface area contributed by atoms with Gasteiger partial charge in [0.15, 0.2) is 0 Å². The van der Waals surface area contributed by atoms with Gasteiger partial charge in [0.1, 0.15) is 0 Å². The average Bonchev–Trinajstić information content (AvgIpc) is 2.39. The third kappa shape index (κ3) is 4.43. The summed E-state index contributed by atoms with van der Waals surface area (Å²) in [5.74, 6) is 0. The summed E-state index contributed by atoms with van der Waals surface area (Å²) in [5, 5.41) is 0. The van der Waals surface area contributed by atoms with E-state index < -0.39 is 0 Å². The molecule has 0 unspecified atom stereocenters. The lowest BCUT2D eigenvalue weighted by atomic mass is 10.1. The van der Waals surface area contributed by atoms with Gasteiger partial charge >= 0.3 is 0 Å². The predicted octanol–water partition coefficient (Wildman–Crippen LogP) is 4.16. The maximum atomic E-state index is 3.58. The highest BCUT2D eigenvalue weighted by Crippen LogP contribution is 2.32. The minimum atomic E-state index is 1.18. The first-order chi connectivity index (χ1) is 6.59. The molecule has 0 aliphatic rings. The van der Waals surface area contributed by atoms with Crippen molar-refractivity contribution in [3.8, 4) is 0 Å². The van der Waals surface area contributed by atoms with E-state index in [2.05, 4.69) is 56.9 Å². The van der Waals surface area contributed by atoms with Crippen LogP contribution in [0.2, 0.25) is 0 Å². The molecule has 14 heavy (non-hydrogen) atoms. The molecule has 80 valence electrons. The molecular weight excluding hydrogens is 326 g/mol. The molecule has 1 aromatic heterocycles. The second-order valence-corrected chi connectivity index (χ2v) is 7.36. The Balaban J connectivity index is 2.28. The molecule has 0 bridgehead atoms. The van der Waals surface area contributed by atoms with E-state index in [1.807, 2.05) is 0 Å². The minimum Gasteiger partial charge on any atom is -0.309 e. The molecule has 0 radical (unpaired) electrons. The van der Waals surface area contributed by atoms with Crippen LogP contribution in [-0.2, 0) is 6.42 Å². The van der Waals surface area contributed by atoms with E-state index in [1.165, 1.54) is 38.9 Å². The molecule has 0 N–H and O–H groups in total. The van der Waals surface area contributed by atoms with Gasteiger partial charge in [-0.1, -0.05) is 0 Å². The zero-order chi connectivity index (χ0) is 10.6. The Morgan fingerprint density at radius 1 is 1.29 bits per heavy atom. The fraction of sp³-hybridized carbons (Fsp3) is 0.600. The van der Waals surface area contributed by atoms with Crippen LogP contribution in [0.4, 0.5) is 0 Å². The van der Waals surface area contributed by atoms with Crippen LogP contribution in [-0.4, -0.2) is 25.5 Å². The quantitative estimate of drug-likeness (QED) is 0.727. The molecule has 0 fully saturated rings. The lowest BCUT2D eigenvalue weighted by Gasteiger charge is -2.08. The summed E-state index contributed by atoms with van der Waals surface area (Å²) < 4.78 is 2.49. The lowest BCUT2D eigenvalue weighted by Crippen LogP contribution is -2.12. The molecule has 1 rings (SSSR count). The molecule has 1 nitrogen and oxygen atoms in total. The molecule has 0 aliphatic heterocycles. The highest BCUT2D eigenvalue weighted by atomic mass is 79.9. The van der Waals surface area contributed by atoms with Crippen molar-refractivity contribution < 1.29 is 0 Å². The van der Waals surface area contributed by atoms with Crippen molar-refractivity contribution >= 4 is 43.2 Å². The Labute approximate surface area is 107 Å². The van der Waals surface area contributed by atoms with E-state index in [0.717, 1.165) is 0 Å². The molecule has 0 saturated heterocycles. The second-order valence-electron chi connectivity index (χ2n) is 3.61. The van der Waals surface area contributed by atoms with Crippen molar-refractivity contribution in [2.45, 2.75) is 19.3 Å². The SMILES string of the molecule is CN(C)CCCCc1cc(Br)sc1Br. The minimum absolute atomic E-state index is 1.18. The first-order valence-corrected chi connectivity index (χ1v) is 7.08. The number of unbranched alkanes of at least 4 members (excludes halogenated alkanes) is 1. The monoisotopic (exact) mass is 339 g/mol. The molecule has 4 heteroatoms. The van der Waals surface area contributed by atoms with Gasteiger partial charge in [-0.05, 0) is 83.4 Å². The van der Waals surface area contributed by atoms with E-state index in [0.29, 0.717) is 0 Å². The van der Waals surface area contributed by atoms with Crippen molar-refractivity contribution in [2.24, 2.45) is 0 Å². The van der Waals surface area contributed by atoms with Crippen LogP contribution in [0.15, 0.2) is 13.6 Å². The summed E-state index contributed by atoms with van der Waals surface area (Å²) in [6.45, 7) is 1.18. The van der Waals surface area contributed by atoms with E-state index in [-0.39, 0.29) is 0 Å². The maximum absolute atomic E-state index is 3.58. The summed E-state index contributed by atoms with van der Waals surface area (Å²) in [6, 6.07) is 2.21. The average molecular weight is 341 g/mol. The lowest BCUT2D eigenvalue weighted by molar-refractivity contribution is 0.394. The Morgan fingerprint density at radius 2 is 2.00 bits per heavy atom. The van der Waals surface area contributed by atoms with Gasteiger partial charge in [0, 0.05) is 0 Å². The third-order valence-corrected chi connectivity index (χ3v) is 4.49. The van der Waals surface area contributed by atoms with Gasteiger partial charge in [-0.15, -0.1) is 11.3 Å². The van der Waals surface area contributed by atoms with Crippen molar-refractivity contribution in [2.75, 3.05) is 20.6 Å². The van der Waals surface area contributed by atoms with Gasteiger partial charge < -0.3 is 4.90 Å². The predicted molar refractivity (Wildman–Crippen MR) is 71.2 cm³/mol. The van der Waals surface area contributed by atoms with E-state index in [4.69, 9.17) is 0 Å². The normalized spacial score (nSPS) is 11.2. The van der Waals surface area contributed by atoms with Crippen LogP contribution in [0.3, 0.4) is 0 Å². The fourth-order valence-electron chi connectivity index (χ4n) is 1.29. The van der Waals surface area contributed by atoms with Gasteiger partial charge in [-0.2, -0.15) is 0 Å². The fourth-order valence-corrected chi connectivity index (χ4v) is 4.20. The summed E-state index contributed by atoms with van der Waals surface area (Å²) in [7, 11) is 4.24. The van der Waals surface area contributed by atoms with Gasteiger partial charge in [0.25, 0.3) is 0 Å². The molecule has 1 heterocycles. The van der Waals surface area contributed by atoms with Crippen LogP contribution in [0.25, 0.3) is 0 Å². The number of hydrogen-bond acceptors (Lipinski definition) is 2. The van der Waals surface area contributed by atoms with E-state index >= 15 is 0 Å². The Kier molecular flexibility index (Phi) is 5.67. The smallest absolute Gasteiger partial charge is 0.0742 e. The number of nitrogens with zero attached hydrogens (tertiary/aromatic N) is 1. The number of thiophene rings is 1. The van der Waals surface area contributed by atoms with Crippen LogP contribution < -0.4 is 0 Å². The van der Waals surface area contributed by atoms with Gasteiger partial charge in [-0.3, -0.25) is 0 Å². The zero-order valence-electron chi connectivity index (χ0n) is 8.52. The molecule has 0 saturated carbocycles. The van der Waals surface area contributed by atoms with Gasteiger partial charge in [-0.25, -0.2) is 0 Å².